The molecule has 1 N–H and O–H groups in total. The molecule has 3 nitrogen and oxygen atoms in total. The Balaban J connectivity index is 1.70. The number of hydrogen-bond acceptors (Lipinski definition) is 2. The number of nitrogens with one attached hydrogen (secondary N) is 1. The Morgan fingerprint density at radius 1 is 0.914 bits per heavy atom. The third-order valence-electron chi connectivity index (χ3n) is 6.15. The van der Waals surface area contributed by atoms with Crippen LogP contribution in [0.5, 0.6) is 0 Å². The van der Waals surface area contributed by atoms with Crippen LogP contribution < -0.4 is 0 Å². The fourth-order valence-corrected chi connectivity index (χ4v) is 5.43. The second-order valence-corrected chi connectivity index (χ2v) is 9.45. The highest BCUT2D eigenvalue weighted by atomic mass is 35.5. The molecule has 1 aliphatic carbocycles. The lowest BCUT2D eigenvalue weighted by atomic mass is 9.91. The Labute approximate surface area is 216 Å². The molecule has 35 heavy (non-hydrogen) atoms. The number of aromatic amines is 1. The molecule has 0 spiro atoms. The van der Waals surface area contributed by atoms with E-state index in [2.05, 4.69) is 4.98 Å². The van der Waals surface area contributed by atoms with Gasteiger partial charge in [0.15, 0.2) is 0 Å². The van der Waals surface area contributed by atoms with Crippen molar-refractivity contribution in [3.63, 3.8) is 0 Å². The SMILES string of the molecule is COC(=O)C1=CC(Cl)=C(c2cccc(-c3[nH]c4ccc(F)cc4c3-c3c(Cl)cccc3Cl)c2)CC1. The molecule has 0 unspecified atom stereocenters. The predicted molar refractivity (Wildman–Crippen MR) is 141 cm³/mol. The van der Waals surface area contributed by atoms with Crippen molar-refractivity contribution in [2.45, 2.75) is 12.8 Å². The molecule has 5 rings (SSSR count). The van der Waals surface area contributed by atoms with E-state index in [-0.39, 0.29) is 11.8 Å². The second kappa shape index (κ2) is 9.54. The van der Waals surface area contributed by atoms with Crippen LogP contribution in [0.2, 0.25) is 10.0 Å². The number of methoxy groups -OCH3 is 1. The van der Waals surface area contributed by atoms with Crippen molar-refractivity contribution in [3.05, 3.63) is 98.8 Å². The van der Waals surface area contributed by atoms with Crippen LogP contribution in [0.15, 0.2) is 77.3 Å². The summed E-state index contributed by atoms with van der Waals surface area (Å²) in [6.45, 7) is 0. The number of esters is 1. The van der Waals surface area contributed by atoms with Crippen LogP contribution in [0.25, 0.3) is 38.9 Å². The normalized spacial score (nSPS) is 13.8. The quantitative estimate of drug-likeness (QED) is 0.270. The molecule has 0 saturated heterocycles. The number of rotatable bonds is 4. The number of carbonyl (C=O) groups excluding carboxylic acids is 1. The molecule has 1 heterocycles. The number of H-pyrrole nitrogens is 1. The number of carbonyl (C=O) groups is 1. The molecular formula is C28H19Cl3FNO2. The van der Waals surface area contributed by atoms with Crippen LogP contribution in [-0.2, 0) is 9.53 Å². The molecule has 0 aliphatic heterocycles. The zero-order valence-electron chi connectivity index (χ0n) is 18.6. The van der Waals surface area contributed by atoms with E-state index in [0.717, 1.165) is 33.5 Å². The topological polar surface area (TPSA) is 42.1 Å². The van der Waals surface area contributed by atoms with Gasteiger partial charge in [-0.3, -0.25) is 0 Å². The van der Waals surface area contributed by atoms with Gasteiger partial charge in [0.2, 0.25) is 0 Å². The summed E-state index contributed by atoms with van der Waals surface area (Å²) in [5, 5.41) is 2.13. The molecule has 3 aromatic carbocycles. The van der Waals surface area contributed by atoms with Crippen molar-refractivity contribution >= 4 is 57.2 Å². The highest BCUT2D eigenvalue weighted by molar-refractivity contribution is 6.40. The summed E-state index contributed by atoms with van der Waals surface area (Å²) in [7, 11) is 1.36. The summed E-state index contributed by atoms with van der Waals surface area (Å²) in [6.07, 6.45) is 2.80. The molecule has 1 aromatic heterocycles. The van der Waals surface area contributed by atoms with Crippen LogP contribution in [0, 0.1) is 5.82 Å². The van der Waals surface area contributed by atoms with E-state index in [9.17, 15) is 9.18 Å². The fraction of sp³-hybridized carbons (Fsp3) is 0.107. The summed E-state index contributed by atoms with van der Waals surface area (Å²) in [5.74, 6) is -0.726. The van der Waals surface area contributed by atoms with Crippen molar-refractivity contribution < 1.29 is 13.9 Å². The van der Waals surface area contributed by atoms with Crippen molar-refractivity contribution in [1.29, 1.82) is 0 Å². The van der Waals surface area contributed by atoms with Gasteiger partial charge in [0.05, 0.1) is 12.8 Å². The Kier molecular flexibility index (Phi) is 6.45. The van der Waals surface area contributed by atoms with Gasteiger partial charge in [0.25, 0.3) is 0 Å². The van der Waals surface area contributed by atoms with Gasteiger partial charge in [-0.15, -0.1) is 0 Å². The fourth-order valence-electron chi connectivity index (χ4n) is 4.51. The average Bonchev–Trinajstić information content (AvgIpc) is 3.22. The highest BCUT2D eigenvalue weighted by Crippen LogP contribution is 2.45. The summed E-state index contributed by atoms with van der Waals surface area (Å²) >= 11 is 19.7. The maximum absolute atomic E-state index is 14.3. The summed E-state index contributed by atoms with van der Waals surface area (Å²) in [4.78, 5) is 15.3. The van der Waals surface area contributed by atoms with Gasteiger partial charge in [0.1, 0.15) is 5.82 Å². The zero-order valence-corrected chi connectivity index (χ0v) is 20.9. The molecule has 4 aromatic rings. The van der Waals surface area contributed by atoms with Gasteiger partial charge in [-0.05, 0) is 72.0 Å². The number of fused-ring (bicyclic) bond motifs is 1. The largest absolute Gasteiger partial charge is 0.466 e. The number of allylic oxidation sites excluding steroid dienone is 3. The first-order valence-corrected chi connectivity index (χ1v) is 12.0. The molecule has 0 fully saturated rings. The molecule has 176 valence electrons. The highest BCUT2D eigenvalue weighted by Gasteiger charge is 2.22. The average molecular weight is 527 g/mol. The molecule has 0 radical (unpaired) electrons. The van der Waals surface area contributed by atoms with Crippen LogP contribution in [0.4, 0.5) is 4.39 Å². The first-order valence-electron chi connectivity index (χ1n) is 10.9. The van der Waals surface area contributed by atoms with Gasteiger partial charge in [0, 0.05) is 42.7 Å². The second-order valence-electron chi connectivity index (χ2n) is 8.23. The summed E-state index contributed by atoms with van der Waals surface area (Å²) in [5.41, 5.74) is 6.15. The van der Waals surface area contributed by atoms with Crippen molar-refractivity contribution in [2.24, 2.45) is 0 Å². The smallest absolute Gasteiger partial charge is 0.333 e. The Morgan fingerprint density at radius 2 is 1.63 bits per heavy atom. The summed E-state index contributed by atoms with van der Waals surface area (Å²) < 4.78 is 19.1. The third-order valence-corrected chi connectivity index (χ3v) is 7.12. The van der Waals surface area contributed by atoms with Crippen molar-refractivity contribution in [2.75, 3.05) is 7.11 Å². The van der Waals surface area contributed by atoms with Crippen molar-refractivity contribution in [3.8, 4) is 22.4 Å². The molecule has 0 bridgehead atoms. The monoisotopic (exact) mass is 525 g/mol. The van der Waals surface area contributed by atoms with Gasteiger partial charge in [-0.25, -0.2) is 9.18 Å². The van der Waals surface area contributed by atoms with E-state index in [0.29, 0.717) is 44.4 Å². The first-order chi connectivity index (χ1) is 16.9. The number of halogens is 4. The lowest BCUT2D eigenvalue weighted by molar-refractivity contribution is -0.136. The lowest BCUT2D eigenvalue weighted by Gasteiger charge is -2.17. The van der Waals surface area contributed by atoms with E-state index >= 15 is 0 Å². The molecule has 0 atom stereocenters. The standard InChI is InChI=1S/C28H19Cl3FNO2/c1-35-28(34)17-8-10-19(23(31)13-17)15-4-2-5-16(12-15)27-25(26-21(29)6-3-7-22(26)30)20-14-18(32)9-11-24(20)33-27/h2-7,9,11-14,33H,8,10H2,1H3. The minimum atomic E-state index is -0.373. The molecule has 0 saturated carbocycles. The number of ether oxygens (including phenoxy) is 1. The van der Waals surface area contributed by atoms with Crippen LogP contribution in [0.3, 0.4) is 0 Å². The van der Waals surface area contributed by atoms with Gasteiger partial charge >= 0.3 is 5.97 Å². The maximum atomic E-state index is 14.3. The van der Waals surface area contributed by atoms with Crippen LogP contribution in [-0.4, -0.2) is 18.1 Å². The Bertz CT molecular complexity index is 1530. The van der Waals surface area contributed by atoms with Gasteiger partial charge in [-0.2, -0.15) is 0 Å². The number of aromatic nitrogens is 1. The molecule has 0 amide bonds. The first kappa shape index (κ1) is 23.7. The number of benzene rings is 3. The lowest BCUT2D eigenvalue weighted by Crippen LogP contribution is -2.08. The molecular weight excluding hydrogens is 508 g/mol. The predicted octanol–water partition coefficient (Wildman–Crippen LogP) is 8.79. The van der Waals surface area contributed by atoms with E-state index in [1.54, 1.807) is 30.3 Å². The van der Waals surface area contributed by atoms with E-state index < -0.39 is 0 Å². The van der Waals surface area contributed by atoms with E-state index in [1.807, 2.05) is 24.3 Å². The van der Waals surface area contributed by atoms with Crippen molar-refractivity contribution in [1.82, 2.24) is 4.98 Å². The van der Waals surface area contributed by atoms with Crippen LogP contribution in [0.1, 0.15) is 18.4 Å². The maximum Gasteiger partial charge on any atom is 0.333 e. The minimum absolute atomic E-state index is 0.353. The Hall–Kier alpha value is -3.05. The van der Waals surface area contributed by atoms with Gasteiger partial charge < -0.3 is 9.72 Å². The van der Waals surface area contributed by atoms with Gasteiger partial charge in [-0.1, -0.05) is 59.1 Å². The molecule has 7 heteroatoms. The minimum Gasteiger partial charge on any atom is -0.466 e. The van der Waals surface area contributed by atoms with E-state index in [1.165, 1.54) is 19.2 Å². The van der Waals surface area contributed by atoms with E-state index in [4.69, 9.17) is 39.5 Å². The van der Waals surface area contributed by atoms with Crippen LogP contribution >= 0.6 is 34.8 Å². The third kappa shape index (κ3) is 4.38. The zero-order chi connectivity index (χ0) is 24.7. The summed E-state index contributed by atoms with van der Waals surface area (Å²) in [6, 6.07) is 17.8. The number of hydrogen-bond donors (Lipinski definition) is 1. The molecule has 1 aliphatic rings. The Morgan fingerprint density at radius 3 is 2.34 bits per heavy atom.